The molecule has 0 aliphatic rings. The van der Waals surface area contributed by atoms with Crippen molar-refractivity contribution >= 4 is 0 Å². The third-order valence-corrected chi connectivity index (χ3v) is 3.91. The molecule has 0 amide bonds. The van der Waals surface area contributed by atoms with Crippen molar-refractivity contribution in [3.8, 4) is 0 Å². The van der Waals surface area contributed by atoms with Gasteiger partial charge in [0.2, 0.25) is 0 Å². The first-order valence-electron chi connectivity index (χ1n) is 8.58. The lowest BCUT2D eigenvalue weighted by atomic mass is 9.86. The predicted octanol–water partition coefficient (Wildman–Crippen LogP) is 2.78. The molecule has 4 heteroatoms. The van der Waals surface area contributed by atoms with Crippen LogP contribution in [0, 0.1) is 5.41 Å². The van der Waals surface area contributed by atoms with Crippen molar-refractivity contribution in [1.82, 2.24) is 10.2 Å². The van der Waals surface area contributed by atoms with E-state index in [0.717, 1.165) is 52.6 Å². The van der Waals surface area contributed by atoms with Gasteiger partial charge in [-0.05, 0) is 25.7 Å². The highest BCUT2D eigenvalue weighted by Crippen LogP contribution is 2.22. The normalized spacial score (nSPS) is 14.9. The summed E-state index contributed by atoms with van der Waals surface area (Å²) in [7, 11) is 0. The maximum atomic E-state index is 5.52. The number of hydrogen-bond acceptors (Lipinski definition) is 4. The molecule has 0 aliphatic heterocycles. The van der Waals surface area contributed by atoms with Gasteiger partial charge in [-0.2, -0.15) is 0 Å². The minimum Gasteiger partial charge on any atom is -0.380 e. The number of nitrogens with one attached hydrogen (secondary N) is 1. The third kappa shape index (κ3) is 11.1. The molecule has 4 nitrogen and oxygen atoms in total. The average Bonchev–Trinajstić information content (AvgIpc) is 2.45. The molecule has 0 heterocycles. The van der Waals surface area contributed by atoms with E-state index in [2.05, 4.69) is 37.9 Å². The van der Waals surface area contributed by atoms with E-state index < -0.39 is 0 Å². The van der Waals surface area contributed by atoms with Crippen LogP contribution in [0.25, 0.3) is 0 Å². The van der Waals surface area contributed by atoms with E-state index in [1.165, 1.54) is 6.42 Å². The molecule has 0 saturated heterocycles. The van der Waals surface area contributed by atoms with Crippen molar-refractivity contribution in [1.29, 1.82) is 0 Å². The summed E-state index contributed by atoms with van der Waals surface area (Å²) in [6.07, 6.45) is 1.17. The zero-order valence-electron chi connectivity index (χ0n) is 15.2. The van der Waals surface area contributed by atoms with Crippen LogP contribution in [0.3, 0.4) is 0 Å². The Labute approximate surface area is 132 Å². The Bertz CT molecular complexity index is 227. The first-order chi connectivity index (χ1) is 9.97. The fraction of sp³-hybridized carbons (Fsp3) is 1.00. The van der Waals surface area contributed by atoms with Crippen LogP contribution in [0.4, 0.5) is 0 Å². The summed E-state index contributed by atoms with van der Waals surface area (Å²) < 4.78 is 11.0. The van der Waals surface area contributed by atoms with E-state index in [4.69, 9.17) is 9.47 Å². The first kappa shape index (κ1) is 20.8. The van der Waals surface area contributed by atoms with Gasteiger partial charge in [0.1, 0.15) is 0 Å². The molecule has 0 aromatic carbocycles. The Morgan fingerprint density at radius 1 is 1.00 bits per heavy atom. The molecule has 21 heavy (non-hydrogen) atoms. The summed E-state index contributed by atoms with van der Waals surface area (Å²) in [5, 5.41) is 3.59. The predicted molar refractivity (Wildman–Crippen MR) is 91.0 cm³/mol. The lowest BCUT2D eigenvalue weighted by Gasteiger charge is -2.35. The molecule has 1 atom stereocenters. The lowest BCUT2D eigenvalue weighted by molar-refractivity contribution is 0.0602. The summed E-state index contributed by atoms with van der Waals surface area (Å²) in [5.41, 5.74) is 0.294. The molecule has 1 unspecified atom stereocenters. The topological polar surface area (TPSA) is 33.7 Å². The quantitative estimate of drug-likeness (QED) is 0.500. The zero-order chi connectivity index (χ0) is 16.1. The van der Waals surface area contributed by atoms with Crippen LogP contribution in [-0.2, 0) is 9.47 Å². The molecule has 0 rings (SSSR count). The monoisotopic (exact) mass is 302 g/mol. The third-order valence-electron chi connectivity index (χ3n) is 3.91. The molecule has 0 aromatic heterocycles. The first-order valence-corrected chi connectivity index (χ1v) is 8.58. The molecule has 0 aromatic rings. The summed E-state index contributed by atoms with van der Waals surface area (Å²) >= 11 is 0. The Hall–Kier alpha value is -0.160. The van der Waals surface area contributed by atoms with Gasteiger partial charge < -0.3 is 14.8 Å². The second-order valence-corrected chi connectivity index (χ2v) is 6.37. The molecule has 0 bridgehead atoms. The number of ether oxygens (including phenoxy) is 2. The Morgan fingerprint density at radius 3 is 1.90 bits per heavy atom. The van der Waals surface area contributed by atoms with Crippen LogP contribution in [0.1, 0.15) is 48.0 Å². The van der Waals surface area contributed by atoms with E-state index in [9.17, 15) is 0 Å². The van der Waals surface area contributed by atoms with E-state index >= 15 is 0 Å². The highest BCUT2D eigenvalue weighted by atomic mass is 16.5. The van der Waals surface area contributed by atoms with Gasteiger partial charge in [0, 0.05) is 45.4 Å². The average molecular weight is 303 g/mol. The standard InChI is InChI=1S/C17H38N2O2/c1-7-17(6,14-18-16(4)5)15-19(10-12-20-8-2)11-13-21-9-3/h16,18H,7-15H2,1-6H3. The van der Waals surface area contributed by atoms with Crippen molar-refractivity contribution in [2.24, 2.45) is 5.41 Å². The van der Waals surface area contributed by atoms with Gasteiger partial charge in [-0.25, -0.2) is 0 Å². The van der Waals surface area contributed by atoms with Crippen LogP contribution in [0.15, 0.2) is 0 Å². The van der Waals surface area contributed by atoms with Crippen LogP contribution >= 0.6 is 0 Å². The van der Waals surface area contributed by atoms with Crippen molar-refractivity contribution in [2.45, 2.75) is 54.0 Å². The summed E-state index contributed by atoms with van der Waals surface area (Å²) in [6.45, 7) is 20.5. The SMILES string of the molecule is CCOCCN(CCOCC)CC(C)(CC)CNC(C)C. The minimum atomic E-state index is 0.294. The van der Waals surface area contributed by atoms with E-state index in [0.29, 0.717) is 11.5 Å². The summed E-state index contributed by atoms with van der Waals surface area (Å²) in [5.74, 6) is 0. The van der Waals surface area contributed by atoms with Gasteiger partial charge in [-0.3, -0.25) is 4.90 Å². The second-order valence-electron chi connectivity index (χ2n) is 6.37. The molecule has 1 N–H and O–H groups in total. The number of hydrogen-bond donors (Lipinski definition) is 1. The van der Waals surface area contributed by atoms with Crippen LogP contribution in [0.2, 0.25) is 0 Å². The van der Waals surface area contributed by atoms with Crippen molar-refractivity contribution in [3.05, 3.63) is 0 Å². The van der Waals surface area contributed by atoms with E-state index in [-0.39, 0.29) is 0 Å². The summed E-state index contributed by atoms with van der Waals surface area (Å²) in [6, 6.07) is 0.538. The minimum absolute atomic E-state index is 0.294. The molecule has 0 saturated carbocycles. The number of rotatable bonds is 14. The largest absolute Gasteiger partial charge is 0.380 e. The van der Waals surface area contributed by atoms with Crippen LogP contribution < -0.4 is 5.32 Å². The maximum absolute atomic E-state index is 5.52. The van der Waals surface area contributed by atoms with Crippen LogP contribution in [-0.4, -0.2) is 63.5 Å². The van der Waals surface area contributed by atoms with Crippen molar-refractivity contribution < 1.29 is 9.47 Å². The molecule has 0 aliphatic carbocycles. The molecule has 0 radical (unpaired) electrons. The van der Waals surface area contributed by atoms with Gasteiger partial charge in [0.05, 0.1) is 13.2 Å². The van der Waals surface area contributed by atoms with Gasteiger partial charge in [0.25, 0.3) is 0 Å². The molecular formula is C17H38N2O2. The highest BCUT2D eigenvalue weighted by Gasteiger charge is 2.25. The molecular weight excluding hydrogens is 264 g/mol. The smallest absolute Gasteiger partial charge is 0.0593 e. The number of nitrogens with zero attached hydrogens (tertiary/aromatic N) is 1. The molecule has 0 spiro atoms. The van der Waals surface area contributed by atoms with Crippen molar-refractivity contribution in [3.63, 3.8) is 0 Å². The Balaban J connectivity index is 4.40. The van der Waals surface area contributed by atoms with Crippen molar-refractivity contribution in [2.75, 3.05) is 52.6 Å². The zero-order valence-corrected chi connectivity index (χ0v) is 15.2. The fourth-order valence-corrected chi connectivity index (χ4v) is 2.23. The Morgan fingerprint density at radius 2 is 1.52 bits per heavy atom. The second kappa shape index (κ2) is 12.4. The van der Waals surface area contributed by atoms with Gasteiger partial charge in [0.15, 0.2) is 0 Å². The highest BCUT2D eigenvalue weighted by molar-refractivity contribution is 4.80. The Kier molecular flexibility index (Phi) is 12.3. The summed E-state index contributed by atoms with van der Waals surface area (Å²) in [4.78, 5) is 2.48. The maximum Gasteiger partial charge on any atom is 0.0593 e. The van der Waals surface area contributed by atoms with Crippen LogP contribution in [0.5, 0.6) is 0 Å². The molecule has 128 valence electrons. The van der Waals surface area contributed by atoms with Gasteiger partial charge >= 0.3 is 0 Å². The van der Waals surface area contributed by atoms with Gasteiger partial charge in [-0.1, -0.05) is 27.7 Å². The lowest BCUT2D eigenvalue weighted by Crippen LogP contribution is -2.45. The van der Waals surface area contributed by atoms with E-state index in [1.807, 2.05) is 13.8 Å². The van der Waals surface area contributed by atoms with Gasteiger partial charge in [-0.15, -0.1) is 0 Å². The van der Waals surface area contributed by atoms with E-state index in [1.54, 1.807) is 0 Å². The molecule has 0 fully saturated rings. The fourth-order valence-electron chi connectivity index (χ4n) is 2.23.